The Bertz CT molecular complexity index is 1170. The van der Waals surface area contributed by atoms with Crippen LogP contribution in [0.3, 0.4) is 0 Å². The maximum absolute atomic E-state index is 12.8. The number of esters is 1. The van der Waals surface area contributed by atoms with E-state index in [2.05, 4.69) is 16.8 Å². The van der Waals surface area contributed by atoms with Gasteiger partial charge in [-0.2, -0.15) is 0 Å². The number of carbonyl (C=O) groups excluding carboxylic acids is 2. The molecule has 0 unspecified atom stereocenters. The van der Waals surface area contributed by atoms with Crippen LogP contribution >= 0.6 is 0 Å². The summed E-state index contributed by atoms with van der Waals surface area (Å²) < 4.78 is 27.4. The molecule has 2 fully saturated rings. The summed E-state index contributed by atoms with van der Waals surface area (Å²) in [6.45, 7) is 5.81. The molecule has 2 aromatic carbocycles. The standard InChI is InChI=1S/C30H41N3O7/c1-31-10-13-33(14-11-31)15-12-32(2)30(35)40-26-9-7-22(19-28(26)38-5)17-24-23(20-39-29(24)34)16-21-6-8-25(36-3)27(18-21)37-4/h6-9,18-19,23-24H,10-17,20H2,1-5H3/t23-,24+/m0/s1. The minimum Gasteiger partial charge on any atom is -0.493 e. The first-order chi connectivity index (χ1) is 19.3. The summed E-state index contributed by atoms with van der Waals surface area (Å²) in [5.41, 5.74) is 1.95. The smallest absolute Gasteiger partial charge is 0.415 e. The van der Waals surface area contributed by atoms with Gasteiger partial charge in [-0.05, 0) is 55.3 Å². The summed E-state index contributed by atoms with van der Waals surface area (Å²) in [5, 5.41) is 0. The molecule has 0 aromatic heterocycles. The Morgan fingerprint density at radius 2 is 1.50 bits per heavy atom. The molecule has 2 aromatic rings. The quantitative estimate of drug-likeness (QED) is 0.388. The zero-order valence-corrected chi connectivity index (χ0v) is 24.2. The maximum Gasteiger partial charge on any atom is 0.415 e. The van der Waals surface area contributed by atoms with Crippen molar-refractivity contribution in [1.29, 1.82) is 0 Å². The van der Waals surface area contributed by atoms with Crippen molar-refractivity contribution >= 4 is 12.1 Å². The van der Waals surface area contributed by atoms with E-state index in [0.717, 1.165) is 43.9 Å². The Hall–Kier alpha value is -3.50. The molecule has 2 aliphatic heterocycles. The molecule has 2 heterocycles. The van der Waals surface area contributed by atoms with Gasteiger partial charge in [-0.15, -0.1) is 0 Å². The highest BCUT2D eigenvalue weighted by Crippen LogP contribution is 2.35. The molecule has 0 spiro atoms. The normalized spacial score (nSPS) is 19.7. The van der Waals surface area contributed by atoms with E-state index >= 15 is 0 Å². The van der Waals surface area contributed by atoms with Crippen molar-refractivity contribution in [2.75, 3.05) is 81.3 Å². The highest BCUT2D eigenvalue weighted by Gasteiger charge is 2.37. The second kappa shape index (κ2) is 13.7. The van der Waals surface area contributed by atoms with Crippen molar-refractivity contribution < 1.29 is 33.3 Å². The zero-order chi connectivity index (χ0) is 28.6. The van der Waals surface area contributed by atoms with E-state index in [-0.39, 0.29) is 17.8 Å². The van der Waals surface area contributed by atoms with Gasteiger partial charge >= 0.3 is 12.1 Å². The number of piperazine rings is 1. The number of hydrogen-bond donors (Lipinski definition) is 0. The summed E-state index contributed by atoms with van der Waals surface area (Å²) in [7, 11) is 8.61. The fourth-order valence-corrected chi connectivity index (χ4v) is 5.17. The van der Waals surface area contributed by atoms with Gasteiger partial charge in [0, 0.05) is 52.2 Å². The first-order valence-electron chi connectivity index (χ1n) is 13.7. The fraction of sp³-hybridized carbons (Fsp3) is 0.533. The number of hydrogen-bond acceptors (Lipinski definition) is 9. The van der Waals surface area contributed by atoms with Crippen molar-refractivity contribution in [2.45, 2.75) is 12.8 Å². The van der Waals surface area contributed by atoms with E-state index < -0.39 is 6.09 Å². The van der Waals surface area contributed by atoms with Gasteiger partial charge in [0.2, 0.25) is 0 Å². The highest BCUT2D eigenvalue weighted by atomic mass is 16.6. The number of carbonyl (C=O) groups is 2. The molecule has 0 radical (unpaired) electrons. The Balaban J connectivity index is 1.36. The van der Waals surface area contributed by atoms with Crippen LogP contribution in [0, 0.1) is 11.8 Å². The lowest BCUT2D eigenvalue weighted by atomic mass is 9.85. The topological polar surface area (TPSA) is 90.0 Å². The van der Waals surface area contributed by atoms with Crippen LogP contribution in [0.25, 0.3) is 0 Å². The van der Waals surface area contributed by atoms with Gasteiger partial charge in [-0.1, -0.05) is 12.1 Å². The number of rotatable bonds is 11. The van der Waals surface area contributed by atoms with E-state index in [0.29, 0.717) is 49.0 Å². The molecule has 2 atom stereocenters. The summed E-state index contributed by atoms with van der Waals surface area (Å²) >= 11 is 0. The van der Waals surface area contributed by atoms with Crippen LogP contribution in [0.5, 0.6) is 23.0 Å². The van der Waals surface area contributed by atoms with Crippen molar-refractivity contribution in [3.8, 4) is 23.0 Å². The molecule has 218 valence electrons. The molecule has 2 saturated heterocycles. The molecule has 0 N–H and O–H groups in total. The van der Waals surface area contributed by atoms with Gasteiger partial charge in [0.05, 0.1) is 33.9 Å². The van der Waals surface area contributed by atoms with Gasteiger partial charge in [0.25, 0.3) is 0 Å². The van der Waals surface area contributed by atoms with Gasteiger partial charge < -0.3 is 33.5 Å². The minimum absolute atomic E-state index is 0.0167. The van der Waals surface area contributed by atoms with E-state index in [4.69, 9.17) is 23.7 Å². The third-order valence-corrected chi connectivity index (χ3v) is 7.80. The second-order valence-electron chi connectivity index (χ2n) is 10.5. The number of nitrogens with zero attached hydrogens (tertiary/aromatic N) is 3. The molecule has 0 aliphatic carbocycles. The van der Waals surface area contributed by atoms with Gasteiger partial charge in [-0.3, -0.25) is 9.69 Å². The molecule has 1 amide bonds. The SMILES string of the molecule is COc1ccc(C[C@H]2COC(=O)[C@@H]2Cc2ccc(OC(=O)N(C)CCN3CCN(C)CC3)c(OC)c2)cc1OC. The first-order valence-corrected chi connectivity index (χ1v) is 13.7. The summed E-state index contributed by atoms with van der Waals surface area (Å²) in [6.07, 6.45) is 0.727. The average Bonchev–Trinajstić information content (AvgIpc) is 3.31. The van der Waals surface area contributed by atoms with Crippen molar-refractivity contribution in [2.24, 2.45) is 11.8 Å². The fourth-order valence-electron chi connectivity index (χ4n) is 5.17. The van der Waals surface area contributed by atoms with E-state index in [1.807, 2.05) is 30.3 Å². The van der Waals surface area contributed by atoms with Crippen LogP contribution in [0.4, 0.5) is 4.79 Å². The van der Waals surface area contributed by atoms with Crippen LogP contribution in [-0.2, 0) is 22.4 Å². The predicted octanol–water partition coefficient (Wildman–Crippen LogP) is 2.96. The van der Waals surface area contributed by atoms with Crippen LogP contribution < -0.4 is 18.9 Å². The molecule has 2 aliphatic rings. The molecular formula is C30H41N3O7. The molecule has 0 saturated carbocycles. The Labute approximate surface area is 236 Å². The maximum atomic E-state index is 12.8. The lowest BCUT2D eigenvalue weighted by Crippen LogP contribution is -2.47. The van der Waals surface area contributed by atoms with Crippen molar-refractivity contribution in [3.63, 3.8) is 0 Å². The Morgan fingerprint density at radius 3 is 2.15 bits per heavy atom. The number of benzene rings is 2. The predicted molar refractivity (Wildman–Crippen MR) is 150 cm³/mol. The molecule has 4 rings (SSSR count). The Kier molecular flexibility index (Phi) is 10.1. The Morgan fingerprint density at radius 1 is 0.900 bits per heavy atom. The lowest BCUT2D eigenvalue weighted by Gasteiger charge is -2.33. The van der Waals surface area contributed by atoms with E-state index in [1.54, 1.807) is 32.2 Å². The first kappa shape index (κ1) is 29.5. The number of methoxy groups -OCH3 is 3. The van der Waals surface area contributed by atoms with Crippen molar-refractivity contribution in [1.82, 2.24) is 14.7 Å². The van der Waals surface area contributed by atoms with E-state index in [1.165, 1.54) is 7.11 Å². The second-order valence-corrected chi connectivity index (χ2v) is 10.5. The summed E-state index contributed by atoms with van der Waals surface area (Å²) in [5.74, 6) is 1.62. The third kappa shape index (κ3) is 7.37. The summed E-state index contributed by atoms with van der Waals surface area (Å²) in [6, 6.07) is 11.2. The van der Waals surface area contributed by atoms with Crippen LogP contribution in [0.2, 0.25) is 0 Å². The number of ether oxygens (including phenoxy) is 5. The largest absolute Gasteiger partial charge is 0.493 e. The van der Waals surface area contributed by atoms with Gasteiger partial charge in [0.1, 0.15) is 0 Å². The van der Waals surface area contributed by atoms with Crippen LogP contribution in [-0.4, -0.2) is 108 Å². The van der Waals surface area contributed by atoms with Gasteiger partial charge in [-0.25, -0.2) is 4.79 Å². The highest BCUT2D eigenvalue weighted by molar-refractivity contribution is 5.75. The van der Waals surface area contributed by atoms with E-state index in [9.17, 15) is 9.59 Å². The zero-order valence-electron chi connectivity index (χ0n) is 24.2. The average molecular weight is 556 g/mol. The van der Waals surface area contributed by atoms with Crippen molar-refractivity contribution in [3.05, 3.63) is 47.5 Å². The third-order valence-electron chi connectivity index (χ3n) is 7.80. The van der Waals surface area contributed by atoms with Crippen LogP contribution in [0.1, 0.15) is 11.1 Å². The molecule has 10 nitrogen and oxygen atoms in total. The van der Waals surface area contributed by atoms with Crippen LogP contribution in [0.15, 0.2) is 36.4 Å². The molecular weight excluding hydrogens is 514 g/mol. The number of amides is 1. The lowest BCUT2D eigenvalue weighted by molar-refractivity contribution is -0.141. The molecule has 40 heavy (non-hydrogen) atoms. The molecule has 0 bridgehead atoms. The summed E-state index contributed by atoms with van der Waals surface area (Å²) in [4.78, 5) is 31.7. The number of likely N-dealkylation sites (N-methyl/N-ethyl adjacent to an activating group) is 2. The minimum atomic E-state index is -0.436. The van der Waals surface area contributed by atoms with Gasteiger partial charge in [0.15, 0.2) is 23.0 Å². The monoisotopic (exact) mass is 555 g/mol. The molecule has 10 heteroatoms. The number of cyclic esters (lactones) is 1.